The zero-order valence-electron chi connectivity index (χ0n) is 14.1. The van der Waals surface area contributed by atoms with Crippen LogP contribution in [-0.4, -0.2) is 43.1 Å². The molecule has 0 bridgehead atoms. The Kier molecular flexibility index (Phi) is 5.68. The highest BCUT2D eigenvalue weighted by Gasteiger charge is 2.34. The van der Waals surface area contributed by atoms with Crippen molar-refractivity contribution < 1.29 is 27.9 Å². The van der Waals surface area contributed by atoms with E-state index in [0.717, 1.165) is 10.7 Å². The highest BCUT2D eigenvalue weighted by molar-refractivity contribution is 5.93. The molecule has 2 aromatic heterocycles. The van der Waals surface area contributed by atoms with Crippen LogP contribution in [0.25, 0.3) is 0 Å². The molecule has 8 nitrogen and oxygen atoms in total. The van der Waals surface area contributed by atoms with Crippen LogP contribution < -0.4 is 5.32 Å². The van der Waals surface area contributed by atoms with Crippen molar-refractivity contribution in [1.29, 1.82) is 0 Å². The van der Waals surface area contributed by atoms with Gasteiger partial charge in [-0.3, -0.25) is 14.2 Å². The average Bonchev–Trinajstić information content (AvgIpc) is 3.17. The summed E-state index contributed by atoms with van der Waals surface area (Å²) in [6.45, 7) is 3.40. The third-order valence-corrected chi connectivity index (χ3v) is 3.72. The highest BCUT2D eigenvalue weighted by Crippen LogP contribution is 2.28. The summed E-state index contributed by atoms with van der Waals surface area (Å²) in [4.78, 5) is 22.9. The summed E-state index contributed by atoms with van der Waals surface area (Å²) in [5.41, 5.74) is -0.362. The number of carbonyl (C=O) groups excluding carboxylic acids is 1. The molecule has 2 rings (SSSR count). The van der Waals surface area contributed by atoms with Gasteiger partial charge in [-0.2, -0.15) is 23.4 Å². The maximum Gasteiger partial charge on any atom is 0.435 e. The maximum absolute atomic E-state index is 12.6. The number of aliphatic carboxylic acids is 1. The van der Waals surface area contributed by atoms with Crippen LogP contribution in [0.2, 0.25) is 0 Å². The lowest BCUT2D eigenvalue weighted by Gasteiger charge is -2.07. The van der Waals surface area contributed by atoms with Crippen LogP contribution in [0.15, 0.2) is 18.5 Å². The molecule has 2 heterocycles. The lowest BCUT2D eigenvalue weighted by molar-refractivity contribution is -0.142. The van der Waals surface area contributed by atoms with E-state index in [2.05, 4.69) is 15.5 Å². The first kappa shape index (κ1) is 19.5. The van der Waals surface area contributed by atoms with Gasteiger partial charge >= 0.3 is 12.1 Å². The van der Waals surface area contributed by atoms with Crippen molar-refractivity contribution in [3.63, 3.8) is 0 Å². The SMILES string of the molecule is Cc1cc(C(F)(F)F)nn1CCCNC(=O)c1cnn(C(C)C(=O)O)c1. The molecule has 1 unspecified atom stereocenters. The van der Waals surface area contributed by atoms with Crippen molar-refractivity contribution in [3.8, 4) is 0 Å². The number of amides is 1. The van der Waals surface area contributed by atoms with Crippen molar-refractivity contribution in [2.45, 2.75) is 39.0 Å². The average molecular weight is 373 g/mol. The normalized spacial score (nSPS) is 12.8. The minimum atomic E-state index is -4.49. The van der Waals surface area contributed by atoms with Crippen LogP contribution in [0.5, 0.6) is 0 Å². The Hall–Kier alpha value is -2.85. The van der Waals surface area contributed by atoms with E-state index < -0.39 is 29.8 Å². The standard InChI is InChI=1S/C15H18F3N5O3/c1-9-6-12(15(16,17)18)21-22(9)5-3-4-19-13(24)11-7-20-23(8-11)10(2)14(25)26/h6-8,10H,3-5H2,1-2H3,(H,19,24)(H,25,26). The fourth-order valence-corrected chi connectivity index (χ4v) is 2.19. The largest absolute Gasteiger partial charge is 0.480 e. The van der Waals surface area contributed by atoms with Gasteiger partial charge in [0.1, 0.15) is 6.04 Å². The van der Waals surface area contributed by atoms with Gasteiger partial charge in [0.15, 0.2) is 5.69 Å². The van der Waals surface area contributed by atoms with Crippen LogP contribution in [-0.2, 0) is 17.5 Å². The van der Waals surface area contributed by atoms with E-state index >= 15 is 0 Å². The summed E-state index contributed by atoms with van der Waals surface area (Å²) in [6, 6.07) is 0.0681. The minimum absolute atomic E-state index is 0.202. The van der Waals surface area contributed by atoms with E-state index in [-0.39, 0.29) is 18.7 Å². The number of hydrogen-bond acceptors (Lipinski definition) is 4. The van der Waals surface area contributed by atoms with Crippen molar-refractivity contribution >= 4 is 11.9 Å². The smallest absolute Gasteiger partial charge is 0.435 e. The van der Waals surface area contributed by atoms with E-state index in [1.54, 1.807) is 0 Å². The summed E-state index contributed by atoms with van der Waals surface area (Å²) in [5.74, 6) is -1.52. The number of nitrogens with zero attached hydrogens (tertiary/aromatic N) is 4. The van der Waals surface area contributed by atoms with Gasteiger partial charge in [-0.15, -0.1) is 0 Å². The van der Waals surface area contributed by atoms with E-state index in [4.69, 9.17) is 5.11 Å². The minimum Gasteiger partial charge on any atom is -0.480 e. The first-order chi connectivity index (χ1) is 12.1. The Morgan fingerprint density at radius 3 is 2.65 bits per heavy atom. The van der Waals surface area contributed by atoms with Gasteiger partial charge in [-0.25, -0.2) is 4.79 Å². The molecule has 0 radical (unpaired) electrons. The summed E-state index contributed by atoms with van der Waals surface area (Å²) in [5, 5.41) is 18.8. The number of aryl methyl sites for hydroxylation is 2. The molecule has 0 aliphatic heterocycles. The van der Waals surface area contributed by atoms with E-state index in [9.17, 15) is 22.8 Å². The Balaban J connectivity index is 1.84. The molecule has 0 saturated carbocycles. The second kappa shape index (κ2) is 7.58. The number of carboxylic acid groups (broad SMARTS) is 1. The number of nitrogens with one attached hydrogen (secondary N) is 1. The molecule has 0 spiro atoms. The molecule has 142 valence electrons. The Morgan fingerprint density at radius 1 is 1.38 bits per heavy atom. The first-order valence-corrected chi connectivity index (χ1v) is 7.76. The summed E-state index contributed by atoms with van der Waals surface area (Å²) >= 11 is 0. The molecule has 2 N–H and O–H groups in total. The van der Waals surface area contributed by atoms with Crippen molar-refractivity contribution in [1.82, 2.24) is 24.9 Å². The van der Waals surface area contributed by atoms with Crippen molar-refractivity contribution in [3.05, 3.63) is 35.4 Å². The van der Waals surface area contributed by atoms with Crippen LogP contribution in [0.1, 0.15) is 41.1 Å². The molecule has 1 amide bonds. The lowest BCUT2D eigenvalue weighted by Crippen LogP contribution is -2.25. The van der Waals surface area contributed by atoms with Gasteiger partial charge in [0, 0.05) is 25.0 Å². The maximum atomic E-state index is 12.6. The first-order valence-electron chi connectivity index (χ1n) is 7.76. The third kappa shape index (κ3) is 4.61. The summed E-state index contributed by atoms with van der Waals surface area (Å²) in [7, 11) is 0. The van der Waals surface area contributed by atoms with E-state index in [1.165, 1.54) is 30.9 Å². The molecular weight excluding hydrogens is 355 g/mol. The Bertz CT molecular complexity index is 797. The number of hydrogen-bond donors (Lipinski definition) is 2. The van der Waals surface area contributed by atoms with Gasteiger partial charge in [-0.1, -0.05) is 0 Å². The molecule has 0 saturated heterocycles. The van der Waals surface area contributed by atoms with Crippen molar-refractivity contribution in [2.75, 3.05) is 6.54 Å². The summed E-state index contributed by atoms with van der Waals surface area (Å²) < 4.78 is 40.2. The third-order valence-electron chi connectivity index (χ3n) is 3.72. The molecule has 2 aromatic rings. The van der Waals surface area contributed by atoms with Crippen LogP contribution in [0, 0.1) is 6.92 Å². The zero-order valence-corrected chi connectivity index (χ0v) is 14.1. The van der Waals surface area contributed by atoms with Gasteiger partial charge in [-0.05, 0) is 26.3 Å². The number of aromatic nitrogens is 4. The number of carboxylic acids is 1. The number of rotatable bonds is 7. The van der Waals surface area contributed by atoms with Crippen LogP contribution in [0.4, 0.5) is 13.2 Å². The zero-order chi connectivity index (χ0) is 19.5. The monoisotopic (exact) mass is 373 g/mol. The summed E-state index contributed by atoms with van der Waals surface area (Å²) in [6.07, 6.45) is -1.54. The number of alkyl halides is 3. The fraction of sp³-hybridized carbons (Fsp3) is 0.467. The second-order valence-electron chi connectivity index (χ2n) is 5.72. The number of halogens is 3. The predicted octanol–water partition coefficient (Wildman–Crippen LogP) is 1.87. The topological polar surface area (TPSA) is 102 Å². The number of carbonyl (C=O) groups is 2. The van der Waals surface area contributed by atoms with Crippen LogP contribution >= 0.6 is 0 Å². The van der Waals surface area contributed by atoms with Crippen LogP contribution in [0.3, 0.4) is 0 Å². The molecule has 11 heteroatoms. The van der Waals surface area contributed by atoms with Gasteiger partial charge in [0.2, 0.25) is 0 Å². The lowest BCUT2D eigenvalue weighted by atomic mass is 10.3. The predicted molar refractivity (Wildman–Crippen MR) is 83.5 cm³/mol. The molecule has 1 atom stereocenters. The van der Waals surface area contributed by atoms with Gasteiger partial charge < -0.3 is 10.4 Å². The van der Waals surface area contributed by atoms with Gasteiger partial charge in [0.25, 0.3) is 5.91 Å². The van der Waals surface area contributed by atoms with E-state index in [1.807, 2.05) is 0 Å². The van der Waals surface area contributed by atoms with E-state index in [0.29, 0.717) is 12.1 Å². The fourth-order valence-electron chi connectivity index (χ4n) is 2.19. The molecule has 0 aliphatic carbocycles. The highest BCUT2D eigenvalue weighted by atomic mass is 19.4. The molecule has 0 aromatic carbocycles. The quantitative estimate of drug-likeness (QED) is 0.722. The molecule has 0 aliphatic rings. The Labute approximate surface area is 146 Å². The van der Waals surface area contributed by atoms with Crippen molar-refractivity contribution in [2.24, 2.45) is 0 Å². The molecular formula is C15H18F3N5O3. The molecule has 0 fully saturated rings. The van der Waals surface area contributed by atoms with Gasteiger partial charge in [0.05, 0.1) is 11.8 Å². The Morgan fingerprint density at radius 2 is 2.08 bits per heavy atom. The second-order valence-corrected chi connectivity index (χ2v) is 5.72. The molecule has 26 heavy (non-hydrogen) atoms.